The van der Waals surface area contributed by atoms with E-state index in [-0.39, 0.29) is 0 Å². The van der Waals surface area contributed by atoms with Gasteiger partial charge in [-0.15, -0.1) is 0 Å². The number of nitrogens with two attached hydrogens (primary N) is 1. The van der Waals surface area contributed by atoms with Crippen LogP contribution in [0.2, 0.25) is 0 Å². The highest BCUT2D eigenvalue weighted by molar-refractivity contribution is 9.10. The highest BCUT2D eigenvalue weighted by Gasteiger charge is 2.16. The van der Waals surface area contributed by atoms with E-state index in [4.69, 9.17) is 10.5 Å². The zero-order valence-corrected chi connectivity index (χ0v) is 13.5. The van der Waals surface area contributed by atoms with Gasteiger partial charge in [0.05, 0.1) is 6.61 Å². The Balaban J connectivity index is 2.27. The number of nitrogens with zero attached hydrogens (tertiary/aromatic N) is 2. The maximum atomic E-state index is 6.33. The van der Waals surface area contributed by atoms with Crippen LogP contribution in [0.1, 0.15) is 12.6 Å². The molecular weight excluding hydrogens is 330 g/mol. The average Bonchev–Trinajstić information content (AvgIpc) is 2.82. The van der Waals surface area contributed by atoms with Crippen LogP contribution in [0.5, 0.6) is 5.75 Å². The SMILES string of the molecule is CCOc1ccccc1-c1nc2ccc(Br)c(C)n2c1N. The molecule has 0 amide bonds. The number of ether oxygens (including phenoxy) is 1. The fourth-order valence-electron chi connectivity index (χ4n) is 2.43. The van der Waals surface area contributed by atoms with Crippen molar-refractivity contribution in [3.05, 3.63) is 46.6 Å². The Kier molecular flexibility index (Phi) is 3.59. The van der Waals surface area contributed by atoms with Crippen LogP contribution in [-0.4, -0.2) is 16.0 Å². The van der Waals surface area contributed by atoms with Crippen LogP contribution in [0.25, 0.3) is 16.9 Å². The third-order valence-corrected chi connectivity index (χ3v) is 4.28. The summed E-state index contributed by atoms with van der Waals surface area (Å²) in [4.78, 5) is 4.66. The molecule has 0 bridgehead atoms. The van der Waals surface area contributed by atoms with E-state index in [0.29, 0.717) is 12.4 Å². The molecule has 0 radical (unpaired) electrons. The van der Waals surface area contributed by atoms with Crippen LogP contribution in [-0.2, 0) is 0 Å². The summed E-state index contributed by atoms with van der Waals surface area (Å²) in [5.74, 6) is 1.42. The summed E-state index contributed by atoms with van der Waals surface area (Å²) in [7, 11) is 0. The number of halogens is 1. The predicted molar refractivity (Wildman–Crippen MR) is 88.6 cm³/mol. The molecule has 0 atom stereocenters. The number of benzene rings is 1. The van der Waals surface area contributed by atoms with Crippen molar-refractivity contribution in [2.45, 2.75) is 13.8 Å². The Labute approximate surface area is 131 Å². The van der Waals surface area contributed by atoms with Crippen molar-refractivity contribution in [2.24, 2.45) is 0 Å². The van der Waals surface area contributed by atoms with Gasteiger partial charge in [-0.1, -0.05) is 12.1 Å². The third-order valence-electron chi connectivity index (χ3n) is 3.44. The first-order valence-corrected chi connectivity index (χ1v) is 7.58. The van der Waals surface area contributed by atoms with E-state index < -0.39 is 0 Å². The molecule has 3 rings (SSSR count). The molecule has 2 aromatic heterocycles. The molecule has 4 nitrogen and oxygen atoms in total. The van der Waals surface area contributed by atoms with Gasteiger partial charge in [0.1, 0.15) is 22.9 Å². The number of para-hydroxylation sites is 1. The molecule has 0 unspecified atom stereocenters. The number of fused-ring (bicyclic) bond motifs is 1. The Bertz CT molecular complexity index is 811. The quantitative estimate of drug-likeness (QED) is 0.778. The molecule has 108 valence electrons. The molecule has 3 aromatic rings. The van der Waals surface area contributed by atoms with Gasteiger partial charge in [-0.25, -0.2) is 4.98 Å². The Morgan fingerprint density at radius 2 is 2.00 bits per heavy atom. The number of imidazole rings is 1. The fourth-order valence-corrected chi connectivity index (χ4v) is 2.74. The minimum Gasteiger partial charge on any atom is -0.493 e. The largest absolute Gasteiger partial charge is 0.493 e. The summed E-state index contributed by atoms with van der Waals surface area (Å²) in [6, 6.07) is 11.8. The van der Waals surface area contributed by atoms with Gasteiger partial charge in [-0.05, 0) is 54.0 Å². The van der Waals surface area contributed by atoms with Crippen LogP contribution in [0.15, 0.2) is 40.9 Å². The number of hydrogen-bond acceptors (Lipinski definition) is 3. The summed E-state index contributed by atoms with van der Waals surface area (Å²) >= 11 is 3.53. The highest BCUT2D eigenvalue weighted by Crippen LogP contribution is 2.35. The van der Waals surface area contributed by atoms with Crippen LogP contribution >= 0.6 is 15.9 Å². The molecule has 1 aromatic carbocycles. The minimum absolute atomic E-state index is 0.606. The second-order valence-corrected chi connectivity index (χ2v) is 5.59. The predicted octanol–water partition coefficient (Wildman–Crippen LogP) is 4.05. The van der Waals surface area contributed by atoms with Crippen molar-refractivity contribution in [1.29, 1.82) is 0 Å². The van der Waals surface area contributed by atoms with Crippen molar-refractivity contribution >= 4 is 27.4 Å². The second kappa shape index (κ2) is 5.41. The number of aryl methyl sites for hydroxylation is 1. The van der Waals surface area contributed by atoms with Gasteiger partial charge in [0.25, 0.3) is 0 Å². The summed E-state index contributed by atoms with van der Waals surface area (Å²) in [6.07, 6.45) is 0. The normalized spacial score (nSPS) is 11.0. The number of rotatable bonds is 3. The molecule has 0 aliphatic rings. The van der Waals surface area contributed by atoms with E-state index in [1.165, 1.54) is 0 Å². The van der Waals surface area contributed by atoms with E-state index in [1.807, 2.05) is 54.6 Å². The van der Waals surface area contributed by atoms with E-state index in [2.05, 4.69) is 20.9 Å². The summed E-state index contributed by atoms with van der Waals surface area (Å²) in [5, 5.41) is 0. The zero-order chi connectivity index (χ0) is 15.0. The number of nitrogen functional groups attached to an aromatic ring is 1. The van der Waals surface area contributed by atoms with Gasteiger partial charge < -0.3 is 10.5 Å². The second-order valence-electron chi connectivity index (χ2n) is 4.74. The zero-order valence-electron chi connectivity index (χ0n) is 11.9. The van der Waals surface area contributed by atoms with Gasteiger partial charge in [0, 0.05) is 15.7 Å². The molecule has 2 heterocycles. The Hall–Kier alpha value is -2.01. The average molecular weight is 346 g/mol. The molecule has 0 spiro atoms. The summed E-state index contributed by atoms with van der Waals surface area (Å²) < 4.78 is 8.63. The summed E-state index contributed by atoms with van der Waals surface area (Å²) in [5.41, 5.74) is 9.85. The lowest BCUT2D eigenvalue weighted by molar-refractivity contribution is 0.341. The first-order chi connectivity index (χ1) is 10.1. The van der Waals surface area contributed by atoms with Crippen molar-refractivity contribution in [2.75, 3.05) is 12.3 Å². The maximum Gasteiger partial charge on any atom is 0.139 e. The first-order valence-electron chi connectivity index (χ1n) is 6.78. The lowest BCUT2D eigenvalue weighted by atomic mass is 10.1. The van der Waals surface area contributed by atoms with Crippen LogP contribution in [0.3, 0.4) is 0 Å². The van der Waals surface area contributed by atoms with Crippen molar-refractivity contribution in [1.82, 2.24) is 9.38 Å². The number of pyridine rings is 1. The lowest BCUT2D eigenvalue weighted by Gasteiger charge is -2.09. The van der Waals surface area contributed by atoms with Gasteiger partial charge in [0.2, 0.25) is 0 Å². The fraction of sp³-hybridized carbons (Fsp3) is 0.188. The Morgan fingerprint density at radius 1 is 1.24 bits per heavy atom. The molecule has 21 heavy (non-hydrogen) atoms. The maximum absolute atomic E-state index is 6.33. The highest BCUT2D eigenvalue weighted by atomic mass is 79.9. The van der Waals surface area contributed by atoms with Crippen molar-refractivity contribution < 1.29 is 4.74 Å². The van der Waals surface area contributed by atoms with E-state index in [1.54, 1.807) is 0 Å². The number of aromatic nitrogens is 2. The smallest absolute Gasteiger partial charge is 0.139 e. The van der Waals surface area contributed by atoms with Gasteiger partial charge in [-0.2, -0.15) is 0 Å². The van der Waals surface area contributed by atoms with Gasteiger partial charge >= 0.3 is 0 Å². The number of anilines is 1. The molecule has 0 saturated carbocycles. The van der Waals surface area contributed by atoms with E-state index >= 15 is 0 Å². The van der Waals surface area contributed by atoms with E-state index in [0.717, 1.165) is 32.8 Å². The standard InChI is InChI=1S/C16H16BrN3O/c1-3-21-13-7-5-4-6-11(13)15-16(18)20-10(2)12(17)8-9-14(20)19-15/h4-9H,3,18H2,1-2H3. The van der Waals surface area contributed by atoms with Gasteiger partial charge in [0.15, 0.2) is 0 Å². The summed E-state index contributed by atoms with van der Waals surface area (Å²) in [6.45, 7) is 4.58. The van der Waals surface area contributed by atoms with Crippen molar-refractivity contribution in [3.63, 3.8) is 0 Å². The van der Waals surface area contributed by atoms with E-state index in [9.17, 15) is 0 Å². The molecule has 5 heteroatoms. The molecule has 0 saturated heterocycles. The molecular formula is C16H16BrN3O. The first kappa shape index (κ1) is 13.9. The minimum atomic E-state index is 0.606. The molecule has 2 N–H and O–H groups in total. The van der Waals surface area contributed by atoms with Gasteiger partial charge in [-0.3, -0.25) is 4.40 Å². The third kappa shape index (κ3) is 2.27. The number of hydrogen-bond donors (Lipinski definition) is 1. The van der Waals surface area contributed by atoms with Crippen LogP contribution in [0.4, 0.5) is 5.82 Å². The molecule has 0 aliphatic heterocycles. The monoisotopic (exact) mass is 345 g/mol. The van der Waals surface area contributed by atoms with Crippen molar-refractivity contribution in [3.8, 4) is 17.0 Å². The topological polar surface area (TPSA) is 52.5 Å². The Morgan fingerprint density at radius 3 is 2.76 bits per heavy atom. The van der Waals surface area contributed by atoms with Crippen LogP contribution in [0, 0.1) is 6.92 Å². The van der Waals surface area contributed by atoms with Crippen LogP contribution < -0.4 is 10.5 Å². The lowest BCUT2D eigenvalue weighted by Crippen LogP contribution is -1.99. The molecule has 0 aliphatic carbocycles. The molecule has 0 fully saturated rings.